The number of benzene rings is 1. The van der Waals surface area contributed by atoms with Crippen molar-refractivity contribution < 1.29 is 50.9 Å². The smallest absolute Gasteiger partial charge is 0.338 e. The average molecular weight is 768 g/mol. The predicted octanol–water partition coefficient (Wildman–Crippen LogP) is 4.61. The van der Waals surface area contributed by atoms with Crippen LogP contribution in [0.3, 0.4) is 0 Å². The molecule has 0 spiro atoms. The van der Waals surface area contributed by atoms with E-state index in [1.165, 1.54) is 68.2 Å². The maximum Gasteiger partial charge on any atom is 0.338 e. The standard InChI is InChI=1S/C34H41F4N7O7S/c1-31(2,3)53(50)42-26(22(13-32(4,5)33(6,35)36)29(48)52-45-27(46)20-10-8-9-11-21(20)28(45)47)23-15-44-25(41-23)12-19(14-40-44)24(16-51-7)43-18-34(37,38)17-39-30(43)49/h8-12,14-15,22,24,26,42H,13,16-18H2,1-7H3,(H,39,49)/t22?,24-,26+,53+/m1/s1. The van der Waals surface area contributed by atoms with Crippen LogP contribution in [0.25, 0.3) is 5.65 Å². The zero-order valence-electron chi connectivity index (χ0n) is 30.1. The highest BCUT2D eigenvalue weighted by Crippen LogP contribution is 2.44. The molecule has 53 heavy (non-hydrogen) atoms. The number of nitrogens with one attached hydrogen (secondary N) is 2. The molecule has 288 valence electrons. The number of urea groups is 1. The van der Waals surface area contributed by atoms with Gasteiger partial charge in [0, 0.05) is 29.5 Å². The first-order chi connectivity index (χ1) is 24.5. The van der Waals surface area contributed by atoms with E-state index in [9.17, 15) is 32.5 Å². The second-order valence-corrected chi connectivity index (χ2v) is 16.8. The second kappa shape index (κ2) is 14.5. The van der Waals surface area contributed by atoms with Crippen molar-refractivity contribution >= 4 is 40.8 Å². The topological polar surface area (TPSA) is 171 Å². The molecule has 4 heterocycles. The molecular formula is C34H41F4N7O7S. The molecule has 1 saturated heterocycles. The van der Waals surface area contributed by atoms with E-state index in [0.717, 1.165) is 4.90 Å². The number of alkyl halides is 4. The summed E-state index contributed by atoms with van der Waals surface area (Å²) in [4.78, 5) is 64.0. The van der Waals surface area contributed by atoms with Gasteiger partial charge in [-0.2, -0.15) is 5.10 Å². The van der Waals surface area contributed by atoms with Crippen molar-refractivity contribution in [3.8, 4) is 0 Å². The summed E-state index contributed by atoms with van der Waals surface area (Å²) in [5.41, 5.74) is -1.62. The number of hydrogen-bond acceptors (Lipinski definition) is 10. The number of halogens is 4. The Morgan fingerprint density at radius 2 is 1.72 bits per heavy atom. The Bertz CT molecular complexity index is 1860. The lowest BCUT2D eigenvalue weighted by Gasteiger charge is -2.38. The van der Waals surface area contributed by atoms with Gasteiger partial charge >= 0.3 is 12.0 Å². The fourth-order valence-corrected chi connectivity index (χ4v) is 6.69. The number of imidazole rings is 1. The Labute approximate surface area is 305 Å². The zero-order valence-corrected chi connectivity index (χ0v) is 30.9. The Balaban J connectivity index is 1.58. The van der Waals surface area contributed by atoms with Gasteiger partial charge in [-0.1, -0.05) is 31.0 Å². The van der Waals surface area contributed by atoms with Gasteiger partial charge in [-0.3, -0.25) is 9.59 Å². The van der Waals surface area contributed by atoms with Crippen molar-refractivity contribution in [3.63, 3.8) is 0 Å². The van der Waals surface area contributed by atoms with Gasteiger partial charge in [-0.05, 0) is 52.3 Å². The van der Waals surface area contributed by atoms with Crippen molar-refractivity contribution in [1.82, 2.24) is 34.6 Å². The van der Waals surface area contributed by atoms with E-state index in [0.29, 0.717) is 6.92 Å². The van der Waals surface area contributed by atoms with Crippen molar-refractivity contribution in [1.29, 1.82) is 0 Å². The molecule has 2 aliphatic heterocycles. The molecule has 5 rings (SSSR count). The van der Waals surface area contributed by atoms with Crippen LogP contribution in [0.5, 0.6) is 0 Å². The molecular weight excluding hydrogens is 726 g/mol. The molecule has 0 aliphatic carbocycles. The number of ether oxygens (including phenoxy) is 1. The lowest BCUT2D eigenvalue weighted by atomic mass is 9.75. The summed E-state index contributed by atoms with van der Waals surface area (Å²) in [5.74, 6) is -11.4. The largest absolute Gasteiger partial charge is 0.598 e. The van der Waals surface area contributed by atoms with E-state index in [4.69, 9.17) is 9.57 Å². The number of carbonyl (C=O) groups is 4. The van der Waals surface area contributed by atoms with Gasteiger partial charge in [0.1, 0.15) is 10.8 Å². The molecule has 0 radical (unpaired) electrons. The van der Waals surface area contributed by atoms with Crippen LogP contribution in [0.2, 0.25) is 0 Å². The van der Waals surface area contributed by atoms with Crippen molar-refractivity contribution in [2.24, 2.45) is 11.3 Å². The summed E-state index contributed by atoms with van der Waals surface area (Å²) in [6.45, 7) is 6.13. The number of hydrogen-bond donors (Lipinski definition) is 2. The number of fused-ring (bicyclic) bond motifs is 2. The first kappa shape index (κ1) is 39.9. The summed E-state index contributed by atoms with van der Waals surface area (Å²) >= 11 is -1.96. The molecule has 2 aliphatic rings. The molecule has 4 atom stereocenters. The lowest BCUT2D eigenvalue weighted by molar-refractivity contribution is -0.179. The van der Waals surface area contributed by atoms with Gasteiger partial charge in [0.25, 0.3) is 17.7 Å². The van der Waals surface area contributed by atoms with Crippen molar-refractivity contribution in [2.45, 2.75) is 76.6 Å². The number of aromatic nitrogens is 3. The molecule has 1 unspecified atom stereocenters. The highest BCUT2D eigenvalue weighted by molar-refractivity contribution is 7.90. The molecule has 19 heteroatoms. The fraction of sp³-hybridized carbons (Fsp3) is 0.529. The maximum absolute atomic E-state index is 15.1. The van der Waals surface area contributed by atoms with Gasteiger partial charge in [-0.25, -0.2) is 36.7 Å². The van der Waals surface area contributed by atoms with Crippen LogP contribution >= 0.6 is 0 Å². The zero-order chi connectivity index (χ0) is 39.3. The fourth-order valence-electron chi connectivity index (χ4n) is 5.82. The molecule has 1 aromatic carbocycles. The Kier molecular flexibility index (Phi) is 10.9. The van der Waals surface area contributed by atoms with Crippen LogP contribution in [-0.2, 0) is 25.7 Å². The number of carbonyl (C=O) groups excluding carboxylic acids is 4. The summed E-state index contributed by atoms with van der Waals surface area (Å²) < 4.78 is 80.9. The van der Waals surface area contributed by atoms with Crippen LogP contribution < -0.4 is 10.0 Å². The Morgan fingerprint density at radius 1 is 1.09 bits per heavy atom. The van der Waals surface area contributed by atoms with Crippen LogP contribution in [0.4, 0.5) is 22.4 Å². The molecule has 3 aromatic rings. The third-order valence-corrected chi connectivity index (χ3v) is 10.9. The minimum atomic E-state index is -3.36. The summed E-state index contributed by atoms with van der Waals surface area (Å²) in [6.07, 6.45) is 2.05. The molecule has 2 aromatic heterocycles. The average Bonchev–Trinajstić information content (AvgIpc) is 3.59. The highest BCUT2D eigenvalue weighted by Gasteiger charge is 2.50. The quantitative estimate of drug-likeness (QED) is 0.142. The monoisotopic (exact) mass is 767 g/mol. The van der Waals surface area contributed by atoms with Crippen molar-refractivity contribution in [3.05, 3.63) is 65.1 Å². The molecule has 0 saturated carbocycles. The predicted molar refractivity (Wildman–Crippen MR) is 182 cm³/mol. The molecule has 1 fully saturated rings. The third-order valence-electron chi connectivity index (χ3n) is 9.28. The SMILES string of the molecule is COC[C@H](c1cnn2cc([C@@H](N[S@@+]([O-])C(C)(C)C)C(CC(C)(C)C(C)(F)F)C(=O)ON3C(=O)c4ccccc4C3=O)nc2c1)N1CC(F)(F)CNC1=O. The Morgan fingerprint density at radius 3 is 2.28 bits per heavy atom. The number of methoxy groups -OCH3 is 1. The summed E-state index contributed by atoms with van der Waals surface area (Å²) in [7, 11) is 1.33. The second-order valence-electron chi connectivity index (χ2n) is 14.8. The van der Waals surface area contributed by atoms with Crippen molar-refractivity contribution in [2.75, 3.05) is 26.8 Å². The van der Waals surface area contributed by atoms with E-state index in [2.05, 4.69) is 20.1 Å². The number of amides is 4. The lowest BCUT2D eigenvalue weighted by Crippen LogP contribution is -2.58. The van der Waals surface area contributed by atoms with E-state index in [1.54, 1.807) is 20.8 Å². The number of nitrogens with zero attached hydrogens (tertiary/aromatic N) is 5. The van der Waals surface area contributed by atoms with Gasteiger partial charge in [-0.15, -0.1) is 4.72 Å². The number of rotatable bonds is 13. The first-order valence-electron chi connectivity index (χ1n) is 16.6. The van der Waals surface area contributed by atoms with Crippen LogP contribution in [0.1, 0.15) is 92.0 Å². The molecule has 14 nitrogen and oxygen atoms in total. The summed E-state index contributed by atoms with van der Waals surface area (Å²) in [6, 6.07) is 4.02. The minimum absolute atomic E-state index is 0.0164. The maximum atomic E-state index is 15.1. The molecule has 2 N–H and O–H groups in total. The molecule has 0 bridgehead atoms. The Hall–Kier alpha value is -4.33. The first-order valence-corrected chi connectivity index (χ1v) is 17.7. The number of imide groups is 1. The van der Waals surface area contributed by atoms with Gasteiger partial charge in [0.2, 0.25) is 5.92 Å². The number of hydroxylamine groups is 2. The minimum Gasteiger partial charge on any atom is -0.598 e. The third kappa shape index (κ3) is 8.27. The van der Waals surface area contributed by atoms with E-state index in [1.807, 2.05) is 0 Å². The van der Waals surface area contributed by atoms with Crippen LogP contribution in [-0.4, -0.2) is 96.3 Å². The van der Waals surface area contributed by atoms with E-state index >= 15 is 8.78 Å². The normalized spacial score (nSPS) is 18.8. The van der Waals surface area contributed by atoms with Gasteiger partial charge < -0.3 is 24.3 Å². The summed E-state index contributed by atoms with van der Waals surface area (Å²) in [5, 5.41) is 6.76. The van der Waals surface area contributed by atoms with E-state index in [-0.39, 0.29) is 39.7 Å². The highest BCUT2D eigenvalue weighted by atomic mass is 32.2. The van der Waals surface area contributed by atoms with Crippen LogP contribution in [0.15, 0.2) is 42.7 Å². The van der Waals surface area contributed by atoms with Gasteiger partial charge in [0.05, 0.1) is 60.9 Å². The van der Waals surface area contributed by atoms with Gasteiger partial charge in [0.15, 0.2) is 5.65 Å². The molecule has 4 amide bonds. The van der Waals surface area contributed by atoms with Crippen LogP contribution in [0, 0.1) is 11.3 Å². The van der Waals surface area contributed by atoms with E-state index < -0.39 is 94.7 Å².